The zero-order valence-electron chi connectivity index (χ0n) is 18.9. The molecule has 0 aromatic heterocycles. The van der Waals surface area contributed by atoms with Gasteiger partial charge in [-0.2, -0.15) is 0 Å². The molecule has 4 heteroatoms. The van der Waals surface area contributed by atoms with Crippen LogP contribution in [-0.4, -0.2) is 23.8 Å². The number of unbranched alkanes of at least 4 members (excludes halogenated alkanes) is 7. The van der Waals surface area contributed by atoms with Crippen molar-refractivity contribution in [2.45, 2.75) is 131 Å². The third-order valence-electron chi connectivity index (χ3n) is 3.29. The van der Waals surface area contributed by atoms with Crippen LogP contribution in [0.25, 0.3) is 0 Å². The first kappa shape index (κ1) is 27.6. The van der Waals surface area contributed by atoms with E-state index < -0.39 is 0 Å². The zero-order valence-corrected chi connectivity index (χ0v) is 18.9. The van der Waals surface area contributed by atoms with Gasteiger partial charge in [-0.15, -0.1) is 0 Å². The second-order valence-corrected chi connectivity index (χ2v) is 8.84. The topological polar surface area (TPSA) is 44.8 Å². The van der Waals surface area contributed by atoms with Crippen molar-refractivity contribution in [3.63, 3.8) is 0 Å². The van der Waals surface area contributed by atoms with E-state index in [0.717, 1.165) is 19.3 Å². The van der Waals surface area contributed by atoms with Crippen molar-refractivity contribution in [2.24, 2.45) is 0 Å². The SMILES string of the molecule is CC(C)(C)OOC(C)(C)C.CCCCCCCCCOC(=O)CCCC. The fraction of sp³-hybridized carbons (Fsp3) is 0.955. The highest BCUT2D eigenvalue weighted by atomic mass is 17.2. The second-order valence-electron chi connectivity index (χ2n) is 8.84. The van der Waals surface area contributed by atoms with Crippen LogP contribution in [0.4, 0.5) is 0 Å². The molecule has 0 saturated heterocycles. The average molecular weight is 375 g/mol. The van der Waals surface area contributed by atoms with Crippen LogP contribution < -0.4 is 0 Å². The molecule has 0 radical (unpaired) electrons. The van der Waals surface area contributed by atoms with Crippen LogP contribution in [0, 0.1) is 0 Å². The minimum atomic E-state index is -0.215. The molecule has 0 fully saturated rings. The number of carbonyl (C=O) groups excluding carboxylic acids is 1. The number of esters is 1. The van der Waals surface area contributed by atoms with Crippen molar-refractivity contribution in [1.29, 1.82) is 0 Å². The number of hydrogen-bond donors (Lipinski definition) is 0. The first-order chi connectivity index (χ1) is 12.0. The fourth-order valence-electron chi connectivity index (χ4n) is 1.89. The van der Waals surface area contributed by atoms with Gasteiger partial charge in [-0.1, -0.05) is 58.8 Å². The Bertz CT molecular complexity index is 299. The lowest BCUT2D eigenvalue weighted by Crippen LogP contribution is -2.27. The van der Waals surface area contributed by atoms with Gasteiger partial charge in [0.05, 0.1) is 17.8 Å². The second kappa shape index (κ2) is 16.6. The molecule has 0 N–H and O–H groups in total. The van der Waals surface area contributed by atoms with Crippen molar-refractivity contribution < 1.29 is 19.3 Å². The Hall–Kier alpha value is -0.610. The van der Waals surface area contributed by atoms with E-state index in [1.165, 1.54) is 38.5 Å². The van der Waals surface area contributed by atoms with Crippen LogP contribution >= 0.6 is 0 Å². The van der Waals surface area contributed by atoms with Gasteiger partial charge in [0.15, 0.2) is 0 Å². The van der Waals surface area contributed by atoms with Crippen LogP contribution in [0.1, 0.15) is 120 Å². The summed E-state index contributed by atoms with van der Waals surface area (Å²) >= 11 is 0. The van der Waals surface area contributed by atoms with Crippen LogP contribution in [0.3, 0.4) is 0 Å². The molecule has 0 aliphatic rings. The number of hydrogen-bond acceptors (Lipinski definition) is 4. The number of carbonyl (C=O) groups is 1. The van der Waals surface area contributed by atoms with E-state index in [2.05, 4.69) is 13.8 Å². The van der Waals surface area contributed by atoms with Crippen LogP contribution in [0.2, 0.25) is 0 Å². The molecule has 0 aromatic rings. The predicted molar refractivity (Wildman–Crippen MR) is 110 cm³/mol. The molecule has 0 spiro atoms. The maximum atomic E-state index is 11.2. The van der Waals surface area contributed by atoms with Gasteiger partial charge in [-0.3, -0.25) is 4.79 Å². The highest BCUT2D eigenvalue weighted by Crippen LogP contribution is 2.14. The minimum absolute atomic E-state index is 0.0205. The smallest absolute Gasteiger partial charge is 0.305 e. The first-order valence-electron chi connectivity index (χ1n) is 10.5. The van der Waals surface area contributed by atoms with Crippen molar-refractivity contribution in [2.75, 3.05) is 6.61 Å². The molecule has 0 atom stereocenters. The molecule has 158 valence electrons. The number of rotatable bonds is 12. The van der Waals surface area contributed by atoms with Gasteiger partial charge in [0, 0.05) is 6.42 Å². The lowest BCUT2D eigenvalue weighted by atomic mass is 10.1. The van der Waals surface area contributed by atoms with Gasteiger partial charge in [0.1, 0.15) is 0 Å². The monoisotopic (exact) mass is 374 g/mol. The zero-order chi connectivity index (χ0) is 20.5. The summed E-state index contributed by atoms with van der Waals surface area (Å²) in [6.45, 7) is 16.7. The van der Waals surface area contributed by atoms with E-state index in [1.807, 2.05) is 41.5 Å². The number of ether oxygens (including phenoxy) is 1. The normalized spacial score (nSPS) is 11.7. The quantitative estimate of drug-likeness (QED) is 0.160. The van der Waals surface area contributed by atoms with Gasteiger partial charge in [0.2, 0.25) is 0 Å². The summed E-state index contributed by atoms with van der Waals surface area (Å²) in [7, 11) is 0. The van der Waals surface area contributed by atoms with E-state index in [9.17, 15) is 4.79 Å². The molecular formula is C22H46O4. The van der Waals surface area contributed by atoms with Crippen LogP contribution in [-0.2, 0) is 19.3 Å². The van der Waals surface area contributed by atoms with Gasteiger partial charge in [-0.05, 0) is 54.4 Å². The predicted octanol–water partition coefficient (Wildman–Crippen LogP) is 7.00. The van der Waals surface area contributed by atoms with Gasteiger partial charge in [0.25, 0.3) is 0 Å². The summed E-state index contributed by atoms with van der Waals surface area (Å²) in [6.07, 6.45) is 11.5. The van der Waals surface area contributed by atoms with E-state index >= 15 is 0 Å². The average Bonchev–Trinajstić information content (AvgIpc) is 2.53. The summed E-state index contributed by atoms with van der Waals surface area (Å²) in [6, 6.07) is 0. The van der Waals surface area contributed by atoms with Gasteiger partial charge < -0.3 is 4.74 Å². The van der Waals surface area contributed by atoms with E-state index in [1.54, 1.807) is 0 Å². The Kier molecular flexibility index (Phi) is 17.6. The summed E-state index contributed by atoms with van der Waals surface area (Å²) in [5.74, 6) is -0.0205. The van der Waals surface area contributed by atoms with Crippen LogP contribution in [0.5, 0.6) is 0 Å². The van der Waals surface area contributed by atoms with Crippen LogP contribution in [0.15, 0.2) is 0 Å². The van der Waals surface area contributed by atoms with E-state index in [0.29, 0.717) is 13.0 Å². The summed E-state index contributed by atoms with van der Waals surface area (Å²) in [5.41, 5.74) is -0.430. The highest BCUT2D eigenvalue weighted by Gasteiger charge is 2.18. The molecule has 0 aromatic carbocycles. The Labute approximate surface area is 163 Å². The molecule has 0 aliphatic carbocycles. The Morgan fingerprint density at radius 3 is 1.50 bits per heavy atom. The first-order valence-corrected chi connectivity index (χ1v) is 10.5. The lowest BCUT2D eigenvalue weighted by molar-refractivity contribution is -0.393. The molecule has 0 heterocycles. The Balaban J connectivity index is 0. The van der Waals surface area contributed by atoms with Crippen molar-refractivity contribution in [1.82, 2.24) is 0 Å². The molecule has 0 amide bonds. The molecule has 0 unspecified atom stereocenters. The molecule has 0 aliphatic heterocycles. The minimum Gasteiger partial charge on any atom is -0.466 e. The molecule has 0 saturated carbocycles. The van der Waals surface area contributed by atoms with Gasteiger partial charge in [-0.25, -0.2) is 9.78 Å². The fourth-order valence-corrected chi connectivity index (χ4v) is 1.89. The summed E-state index contributed by atoms with van der Waals surface area (Å²) in [5, 5.41) is 0. The third-order valence-corrected chi connectivity index (χ3v) is 3.29. The lowest BCUT2D eigenvalue weighted by Gasteiger charge is -2.24. The molecule has 4 nitrogen and oxygen atoms in total. The molecular weight excluding hydrogens is 328 g/mol. The van der Waals surface area contributed by atoms with Crippen molar-refractivity contribution >= 4 is 5.97 Å². The van der Waals surface area contributed by atoms with E-state index in [-0.39, 0.29) is 17.2 Å². The maximum absolute atomic E-state index is 11.2. The maximum Gasteiger partial charge on any atom is 0.305 e. The Morgan fingerprint density at radius 1 is 0.654 bits per heavy atom. The molecule has 0 rings (SSSR count). The molecule has 26 heavy (non-hydrogen) atoms. The molecule has 0 bridgehead atoms. The van der Waals surface area contributed by atoms with Crippen molar-refractivity contribution in [3.8, 4) is 0 Å². The summed E-state index contributed by atoms with van der Waals surface area (Å²) in [4.78, 5) is 21.3. The standard InChI is InChI=1S/C14H28O2.C8H18O2/c1-3-5-7-8-9-10-11-13-16-14(15)12-6-4-2;1-7(2,3)9-10-8(4,5)6/h3-13H2,1-2H3;1-6H3. The highest BCUT2D eigenvalue weighted by molar-refractivity contribution is 5.69. The summed E-state index contributed by atoms with van der Waals surface area (Å²) < 4.78 is 5.13. The van der Waals surface area contributed by atoms with Crippen molar-refractivity contribution in [3.05, 3.63) is 0 Å². The third kappa shape index (κ3) is 28.2. The Morgan fingerprint density at radius 2 is 1.08 bits per heavy atom. The van der Waals surface area contributed by atoms with E-state index in [4.69, 9.17) is 14.5 Å². The largest absolute Gasteiger partial charge is 0.466 e. The van der Waals surface area contributed by atoms with Gasteiger partial charge >= 0.3 is 5.97 Å².